The molecule has 2 N–H and O–H groups in total. The molecule has 1 unspecified atom stereocenters. The number of ether oxygens (including phenoxy) is 3. The first-order valence-electron chi connectivity index (χ1n) is 5.68. The number of rotatable bonds is 2. The van der Waals surface area contributed by atoms with E-state index < -0.39 is 0 Å². The summed E-state index contributed by atoms with van der Waals surface area (Å²) in [6.07, 6.45) is 0.0494. The van der Waals surface area contributed by atoms with E-state index in [1.165, 1.54) is 0 Å². The van der Waals surface area contributed by atoms with Gasteiger partial charge >= 0.3 is 0 Å². The van der Waals surface area contributed by atoms with Crippen LogP contribution in [0, 0.1) is 0 Å². The van der Waals surface area contributed by atoms with Gasteiger partial charge in [-0.25, -0.2) is 0 Å². The van der Waals surface area contributed by atoms with Crippen molar-refractivity contribution in [2.45, 2.75) is 6.10 Å². The highest BCUT2D eigenvalue weighted by atomic mass is 16.6. The minimum absolute atomic E-state index is 0.0494. The first kappa shape index (κ1) is 11.6. The van der Waals surface area contributed by atoms with Crippen LogP contribution in [0.1, 0.15) is 0 Å². The monoisotopic (exact) mass is 229 g/mol. The number of nitrogens with zero attached hydrogens (tertiary/aromatic N) is 2. The molecule has 0 radical (unpaired) electrons. The van der Waals surface area contributed by atoms with E-state index in [1.54, 1.807) is 0 Å². The van der Waals surface area contributed by atoms with Crippen LogP contribution in [0.4, 0.5) is 0 Å². The molecule has 0 amide bonds. The molecule has 1 atom stereocenters. The van der Waals surface area contributed by atoms with Gasteiger partial charge in [0.1, 0.15) is 6.10 Å². The van der Waals surface area contributed by atoms with E-state index in [2.05, 4.69) is 4.99 Å². The summed E-state index contributed by atoms with van der Waals surface area (Å²) in [6.45, 7) is 5.59. The van der Waals surface area contributed by atoms with E-state index in [1.807, 2.05) is 4.90 Å². The zero-order chi connectivity index (χ0) is 11.2. The van der Waals surface area contributed by atoms with Crippen molar-refractivity contribution in [1.29, 1.82) is 0 Å². The summed E-state index contributed by atoms with van der Waals surface area (Å²) in [5, 5.41) is 0. The SMILES string of the molecule is NC(=NCC1COCCO1)N1CCOCC1. The predicted octanol–water partition coefficient (Wildman–Crippen LogP) is -0.951. The van der Waals surface area contributed by atoms with Gasteiger partial charge in [-0.05, 0) is 0 Å². The van der Waals surface area contributed by atoms with Gasteiger partial charge in [0.25, 0.3) is 0 Å². The van der Waals surface area contributed by atoms with Crippen LogP contribution in [0.25, 0.3) is 0 Å². The Morgan fingerprint density at radius 2 is 2.00 bits per heavy atom. The van der Waals surface area contributed by atoms with Gasteiger partial charge in [0.15, 0.2) is 5.96 Å². The first-order valence-corrected chi connectivity index (χ1v) is 5.68. The smallest absolute Gasteiger partial charge is 0.191 e. The van der Waals surface area contributed by atoms with Gasteiger partial charge in [0.2, 0.25) is 0 Å². The molecule has 16 heavy (non-hydrogen) atoms. The van der Waals surface area contributed by atoms with Crippen LogP contribution in [-0.2, 0) is 14.2 Å². The largest absolute Gasteiger partial charge is 0.378 e. The topological polar surface area (TPSA) is 69.3 Å². The van der Waals surface area contributed by atoms with Crippen LogP contribution in [0.3, 0.4) is 0 Å². The van der Waals surface area contributed by atoms with Gasteiger partial charge in [-0.2, -0.15) is 0 Å². The second kappa shape index (κ2) is 6.03. The summed E-state index contributed by atoms with van der Waals surface area (Å²) < 4.78 is 16.0. The van der Waals surface area contributed by atoms with Gasteiger partial charge in [-0.1, -0.05) is 0 Å². The lowest BCUT2D eigenvalue weighted by molar-refractivity contribution is -0.0833. The lowest BCUT2D eigenvalue weighted by Crippen LogP contribution is -2.45. The van der Waals surface area contributed by atoms with Crippen LogP contribution in [0.5, 0.6) is 0 Å². The number of morpholine rings is 1. The maximum Gasteiger partial charge on any atom is 0.191 e. The Morgan fingerprint density at radius 1 is 1.19 bits per heavy atom. The number of guanidine groups is 1. The average Bonchev–Trinajstić information content (AvgIpc) is 2.38. The van der Waals surface area contributed by atoms with Gasteiger partial charge in [-0.3, -0.25) is 4.99 Å². The third-order valence-electron chi connectivity index (χ3n) is 2.68. The van der Waals surface area contributed by atoms with Crippen LogP contribution in [0.2, 0.25) is 0 Å². The molecule has 0 bridgehead atoms. The Kier molecular flexibility index (Phi) is 4.38. The second-order valence-electron chi connectivity index (χ2n) is 3.87. The van der Waals surface area contributed by atoms with Gasteiger partial charge in [0, 0.05) is 13.1 Å². The number of aliphatic imine (C=N–C) groups is 1. The van der Waals surface area contributed by atoms with E-state index in [0.717, 1.165) is 26.3 Å². The third kappa shape index (κ3) is 3.33. The van der Waals surface area contributed by atoms with Crippen molar-refractivity contribution >= 4 is 5.96 Å². The van der Waals surface area contributed by atoms with Crippen molar-refractivity contribution in [2.24, 2.45) is 10.7 Å². The molecule has 2 aliphatic heterocycles. The minimum atomic E-state index is 0.0494. The Hall–Kier alpha value is -0.850. The average molecular weight is 229 g/mol. The summed E-state index contributed by atoms with van der Waals surface area (Å²) in [7, 11) is 0. The molecule has 2 saturated heterocycles. The maximum absolute atomic E-state index is 5.89. The molecule has 2 aliphatic rings. The summed E-state index contributed by atoms with van der Waals surface area (Å²) in [4.78, 5) is 6.37. The molecule has 2 heterocycles. The molecular weight excluding hydrogens is 210 g/mol. The Labute approximate surface area is 95.3 Å². The molecule has 0 spiro atoms. The third-order valence-corrected chi connectivity index (χ3v) is 2.68. The lowest BCUT2D eigenvalue weighted by Gasteiger charge is -2.28. The fraction of sp³-hybridized carbons (Fsp3) is 0.900. The molecule has 6 heteroatoms. The molecule has 92 valence electrons. The first-order chi connectivity index (χ1) is 7.86. The maximum atomic E-state index is 5.89. The zero-order valence-corrected chi connectivity index (χ0v) is 9.43. The minimum Gasteiger partial charge on any atom is -0.378 e. The standard InChI is InChI=1S/C10H19N3O3/c11-10(13-1-3-14-4-2-13)12-7-9-8-15-5-6-16-9/h9H,1-8H2,(H2,11,12). The molecular formula is C10H19N3O3. The van der Waals surface area contributed by atoms with Crippen molar-refractivity contribution in [3.8, 4) is 0 Å². The number of hydrogen-bond donors (Lipinski definition) is 1. The van der Waals surface area contributed by atoms with Gasteiger partial charge < -0.3 is 24.8 Å². The molecule has 0 saturated carbocycles. The second-order valence-corrected chi connectivity index (χ2v) is 3.87. The predicted molar refractivity (Wildman–Crippen MR) is 59.4 cm³/mol. The molecule has 0 aromatic carbocycles. The van der Waals surface area contributed by atoms with E-state index in [-0.39, 0.29) is 6.10 Å². The van der Waals surface area contributed by atoms with Crippen molar-refractivity contribution in [3.63, 3.8) is 0 Å². The normalized spacial score (nSPS) is 28.1. The highest BCUT2D eigenvalue weighted by molar-refractivity contribution is 5.78. The lowest BCUT2D eigenvalue weighted by atomic mass is 10.3. The highest BCUT2D eigenvalue weighted by Gasteiger charge is 2.16. The summed E-state index contributed by atoms with van der Waals surface area (Å²) in [5.41, 5.74) is 5.89. The fourth-order valence-corrected chi connectivity index (χ4v) is 1.73. The summed E-state index contributed by atoms with van der Waals surface area (Å²) in [6, 6.07) is 0. The molecule has 2 fully saturated rings. The molecule has 0 aromatic rings. The van der Waals surface area contributed by atoms with E-state index in [9.17, 15) is 0 Å². The molecule has 2 rings (SSSR count). The number of nitrogens with two attached hydrogens (primary N) is 1. The van der Waals surface area contributed by atoms with Crippen LogP contribution >= 0.6 is 0 Å². The van der Waals surface area contributed by atoms with Crippen molar-refractivity contribution in [3.05, 3.63) is 0 Å². The highest BCUT2D eigenvalue weighted by Crippen LogP contribution is 2.02. The van der Waals surface area contributed by atoms with Crippen LogP contribution < -0.4 is 5.73 Å². The Balaban J connectivity index is 1.76. The van der Waals surface area contributed by atoms with Crippen molar-refractivity contribution < 1.29 is 14.2 Å². The van der Waals surface area contributed by atoms with E-state index >= 15 is 0 Å². The van der Waals surface area contributed by atoms with Crippen LogP contribution in [0.15, 0.2) is 4.99 Å². The van der Waals surface area contributed by atoms with Crippen molar-refractivity contribution in [2.75, 3.05) is 52.7 Å². The Morgan fingerprint density at radius 3 is 2.69 bits per heavy atom. The quantitative estimate of drug-likeness (QED) is 0.488. The molecule has 0 aliphatic carbocycles. The molecule has 0 aromatic heterocycles. The molecule has 6 nitrogen and oxygen atoms in total. The summed E-state index contributed by atoms with van der Waals surface area (Å²) in [5.74, 6) is 0.581. The van der Waals surface area contributed by atoms with Crippen LogP contribution in [-0.4, -0.2) is 69.6 Å². The summed E-state index contributed by atoms with van der Waals surface area (Å²) >= 11 is 0. The van der Waals surface area contributed by atoms with Gasteiger partial charge in [-0.15, -0.1) is 0 Å². The number of hydrogen-bond acceptors (Lipinski definition) is 4. The van der Waals surface area contributed by atoms with Crippen molar-refractivity contribution in [1.82, 2.24) is 4.90 Å². The Bertz CT molecular complexity index is 235. The van der Waals surface area contributed by atoms with E-state index in [4.69, 9.17) is 19.9 Å². The van der Waals surface area contributed by atoms with E-state index in [0.29, 0.717) is 32.3 Å². The fourth-order valence-electron chi connectivity index (χ4n) is 1.73. The van der Waals surface area contributed by atoms with Gasteiger partial charge in [0.05, 0.1) is 39.6 Å². The zero-order valence-electron chi connectivity index (χ0n) is 9.43.